The maximum Gasteiger partial charge on any atom is 0.251 e. The molecule has 1 aliphatic rings. The van der Waals surface area contributed by atoms with Gasteiger partial charge in [0.25, 0.3) is 5.91 Å². The molecule has 0 aliphatic heterocycles. The lowest BCUT2D eigenvalue weighted by Gasteiger charge is -2.17. The lowest BCUT2D eigenvalue weighted by Crippen LogP contribution is -2.29. The normalized spacial score (nSPS) is 15.9. The highest BCUT2D eigenvalue weighted by Crippen LogP contribution is 2.42. The van der Waals surface area contributed by atoms with Crippen LogP contribution in [0.25, 0.3) is 10.9 Å². The fourth-order valence-corrected chi connectivity index (χ4v) is 4.10. The van der Waals surface area contributed by atoms with Gasteiger partial charge >= 0.3 is 0 Å². The fraction of sp³-hybridized carbons (Fsp3) is 0.250. The van der Waals surface area contributed by atoms with Gasteiger partial charge in [0.2, 0.25) is 0 Å². The first-order valence-electron chi connectivity index (χ1n) is 7.20. The molecular weight excluding hydrogens is 409 g/mol. The number of halogens is 1. The Labute approximate surface area is 145 Å². The molecular formula is C16H14IN3OS. The van der Waals surface area contributed by atoms with Crippen molar-refractivity contribution in [3.8, 4) is 0 Å². The third kappa shape index (κ3) is 2.65. The summed E-state index contributed by atoms with van der Waals surface area (Å²) in [5, 5.41) is 13.4. The molecule has 1 atom stereocenters. The Morgan fingerprint density at radius 2 is 2.27 bits per heavy atom. The maximum atomic E-state index is 12.6. The quantitative estimate of drug-likeness (QED) is 0.621. The first-order chi connectivity index (χ1) is 10.7. The number of hydrogen-bond donors (Lipinski definition) is 2. The number of H-pyrrole nitrogens is 1. The van der Waals surface area contributed by atoms with Crippen LogP contribution in [0, 0.1) is 9.62 Å². The third-order valence-corrected chi connectivity index (χ3v) is 5.79. The summed E-state index contributed by atoms with van der Waals surface area (Å²) < 4.78 is 0.888. The number of thiophene rings is 1. The van der Waals surface area contributed by atoms with Crippen molar-refractivity contribution in [2.24, 2.45) is 5.92 Å². The number of rotatable bonds is 4. The number of carbonyl (C=O) groups excluding carboxylic acids is 1. The number of aromatic amines is 1. The molecule has 0 bridgehead atoms. The van der Waals surface area contributed by atoms with Crippen LogP contribution in [0.15, 0.2) is 35.7 Å². The molecule has 112 valence electrons. The minimum absolute atomic E-state index is 0.01000. The van der Waals surface area contributed by atoms with Crippen molar-refractivity contribution in [2.45, 2.75) is 18.9 Å². The van der Waals surface area contributed by atoms with Gasteiger partial charge < -0.3 is 5.32 Å². The average Bonchev–Trinajstić information content (AvgIpc) is 3.09. The van der Waals surface area contributed by atoms with E-state index in [1.54, 1.807) is 11.3 Å². The zero-order valence-corrected chi connectivity index (χ0v) is 14.6. The van der Waals surface area contributed by atoms with Crippen molar-refractivity contribution < 1.29 is 4.79 Å². The van der Waals surface area contributed by atoms with Crippen LogP contribution in [0.1, 0.15) is 34.1 Å². The van der Waals surface area contributed by atoms with E-state index < -0.39 is 0 Å². The molecule has 4 nitrogen and oxygen atoms in total. The standard InChI is InChI=1S/C16H14IN3OS/c17-15-11-8-10(5-6-12(11)19-20-15)16(21)18-14(9-3-4-9)13-2-1-7-22-13/h1-2,5-9,14H,3-4H2,(H,18,21)(H,19,20). The van der Waals surface area contributed by atoms with E-state index in [0.717, 1.165) is 14.6 Å². The van der Waals surface area contributed by atoms with E-state index in [-0.39, 0.29) is 11.9 Å². The second-order valence-electron chi connectivity index (χ2n) is 5.58. The molecule has 1 aliphatic carbocycles. The van der Waals surface area contributed by atoms with Gasteiger partial charge in [-0.3, -0.25) is 9.89 Å². The highest BCUT2D eigenvalue weighted by molar-refractivity contribution is 14.1. The van der Waals surface area contributed by atoms with Crippen molar-refractivity contribution in [1.82, 2.24) is 15.5 Å². The van der Waals surface area contributed by atoms with E-state index in [4.69, 9.17) is 0 Å². The van der Waals surface area contributed by atoms with E-state index >= 15 is 0 Å². The van der Waals surface area contributed by atoms with Crippen molar-refractivity contribution in [3.63, 3.8) is 0 Å². The summed E-state index contributed by atoms with van der Waals surface area (Å²) in [7, 11) is 0. The van der Waals surface area contributed by atoms with Crippen LogP contribution in [0.2, 0.25) is 0 Å². The van der Waals surface area contributed by atoms with Crippen LogP contribution in [-0.4, -0.2) is 16.1 Å². The zero-order chi connectivity index (χ0) is 15.1. The van der Waals surface area contributed by atoms with Crippen molar-refractivity contribution >= 4 is 50.7 Å². The molecule has 2 heterocycles. The lowest BCUT2D eigenvalue weighted by molar-refractivity contribution is 0.0932. The Kier molecular flexibility index (Phi) is 3.65. The highest BCUT2D eigenvalue weighted by atomic mass is 127. The first kappa shape index (κ1) is 14.2. The monoisotopic (exact) mass is 423 g/mol. The maximum absolute atomic E-state index is 12.6. The summed E-state index contributed by atoms with van der Waals surface area (Å²) in [4.78, 5) is 13.9. The largest absolute Gasteiger partial charge is 0.344 e. The number of amides is 1. The van der Waals surface area contributed by atoms with Gasteiger partial charge in [0.1, 0.15) is 3.70 Å². The van der Waals surface area contributed by atoms with E-state index in [9.17, 15) is 4.79 Å². The second kappa shape index (κ2) is 5.66. The van der Waals surface area contributed by atoms with Crippen LogP contribution in [0.5, 0.6) is 0 Å². The zero-order valence-electron chi connectivity index (χ0n) is 11.7. The SMILES string of the molecule is O=C(NC(c1cccs1)C1CC1)c1ccc2[nH]nc(I)c2c1. The average molecular weight is 423 g/mol. The molecule has 1 fully saturated rings. The van der Waals surface area contributed by atoms with E-state index in [1.165, 1.54) is 17.7 Å². The Morgan fingerprint density at radius 1 is 1.41 bits per heavy atom. The Balaban J connectivity index is 1.60. The molecule has 1 amide bonds. The third-order valence-electron chi connectivity index (χ3n) is 4.01. The Morgan fingerprint density at radius 3 is 3.00 bits per heavy atom. The topological polar surface area (TPSA) is 57.8 Å². The van der Waals surface area contributed by atoms with E-state index in [2.05, 4.69) is 49.6 Å². The lowest BCUT2D eigenvalue weighted by atomic mass is 10.1. The molecule has 0 spiro atoms. The minimum Gasteiger partial charge on any atom is -0.344 e. The van der Waals surface area contributed by atoms with Gasteiger partial charge in [-0.15, -0.1) is 11.3 Å². The molecule has 6 heteroatoms. The van der Waals surface area contributed by atoms with Crippen LogP contribution >= 0.6 is 33.9 Å². The molecule has 4 rings (SSSR count). The number of fused-ring (bicyclic) bond motifs is 1. The summed E-state index contributed by atoms with van der Waals surface area (Å²) in [6.07, 6.45) is 2.39. The van der Waals surface area contributed by atoms with Crippen LogP contribution < -0.4 is 5.32 Å². The Bertz CT molecular complexity index is 823. The summed E-state index contributed by atoms with van der Waals surface area (Å²) in [5.41, 5.74) is 1.65. The summed E-state index contributed by atoms with van der Waals surface area (Å²) in [6.45, 7) is 0. The molecule has 0 radical (unpaired) electrons. The molecule has 1 aromatic carbocycles. The number of benzene rings is 1. The van der Waals surface area contributed by atoms with Crippen LogP contribution in [-0.2, 0) is 0 Å². The Hall–Kier alpha value is -1.41. The number of nitrogens with zero attached hydrogens (tertiary/aromatic N) is 1. The molecule has 1 unspecified atom stereocenters. The number of nitrogens with one attached hydrogen (secondary N) is 2. The van der Waals surface area contributed by atoms with Crippen molar-refractivity contribution in [2.75, 3.05) is 0 Å². The van der Waals surface area contributed by atoms with Gasteiger partial charge in [-0.1, -0.05) is 6.07 Å². The van der Waals surface area contributed by atoms with Crippen LogP contribution in [0.3, 0.4) is 0 Å². The van der Waals surface area contributed by atoms with Gasteiger partial charge in [0.15, 0.2) is 0 Å². The second-order valence-corrected chi connectivity index (χ2v) is 7.58. The van der Waals surface area contributed by atoms with Crippen LogP contribution in [0.4, 0.5) is 0 Å². The first-order valence-corrected chi connectivity index (χ1v) is 9.16. The summed E-state index contributed by atoms with van der Waals surface area (Å²) >= 11 is 3.89. The highest BCUT2D eigenvalue weighted by Gasteiger charge is 2.34. The summed E-state index contributed by atoms with van der Waals surface area (Å²) in [6, 6.07) is 9.97. The van der Waals surface area contributed by atoms with Gasteiger partial charge in [-0.05, 0) is 71.0 Å². The van der Waals surface area contributed by atoms with E-state index in [0.29, 0.717) is 11.5 Å². The number of hydrogen-bond acceptors (Lipinski definition) is 3. The molecule has 3 aromatic rings. The smallest absolute Gasteiger partial charge is 0.251 e. The van der Waals surface area contributed by atoms with Gasteiger partial charge in [-0.2, -0.15) is 5.10 Å². The fourth-order valence-electron chi connectivity index (χ4n) is 2.67. The van der Waals surface area contributed by atoms with Gasteiger partial charge in [0, 0.05) is 15.8 Å². The van der Waals surface area contributed by atoms with Gasteiger partial charge in [0.05, 0.1) is 11.6 Å². The van der Waals surface area contributed by atoms with Crippen molar-refractivity contribution in [3.05, 3.63) is 49.9 Å². The minimum atomic E-state index is -0.01000. The molecule has 2 N–H and O–H groups in total. The molecule has 1 saturated carbocycles. The van der Waals surface area contributed by atoms with Crippen molar-refractivity contribution in [1.29, 1.82) is 0 Å². The number of carbonyl (C=O) groups is 1. The summed E-state index contributed by atoms with van der Waals surface area (Å²) in [5.74, 6) is 0.574. The van der Waals surface area contributed by atoms with Gasteiger partial charge in [-0.25, -0.2) is 0 Å². The molecule has 22 heavy (non-hydrogen) atoms. The predicted molar refractivity (Wildman–Crippen MR) is 96.1 cm³/mol. The number of aromatic nitrogens is 2. The van der Waals surface area contributed by atoms with E-state index in [1.807, 2.05) is 24.3 Å². The molecule has 0 saturated heterocycles. The predicted octanol–water partition coefficient (Wildman–Crippen LogP) is 4.11. The molecule has 2 aromatic heterocycles.